The summed E-state index contributed by atoms with van der Waals surface area (Å²) in [7, 11) is 0. The molecule has 0 aromatic heterocycles. The maximum absolute atomic E-state index is 8.32. The molecule has 0 spiro atoms. The predicted molar refractivity (Wildman–Crippen MR) is 34.6 cm³/mol. The molecule has 0 unspecified atom stereocenters. The number of allylic oxidation sites excluding steroid dienone is 2. The first-order valence-electron chi connectivity index (χ1n) is 2.44. The van der Waals surface area contributed by atoms with Crippen molar-refractivity contribution in [1.82, 2.24) is 0 Å². The van der Waals surface area contributed by atoms with Crippen LogP contribution in [0.1, 0.15) is 6.92 Å². The third kappa shape index (κ3) is 3.41. The fourth-order valence-electron chi connectivity index (χ4n) is 0.364. The van der Waals surface area contributed by atoms with Crippen LogP contribution < -0.4 is 0 Å². The maximum atomic E-state index is 8.32. The van der Waals surface area contributed by atoms with E-state index < -0.39 is 0 Å². The average Bonchev–Trinajstić information content (AvgIpc) is 1.68. The first-order chi connectivity index (χ1) is 3.81. The highest BCUT2D eigenvalue weighted by Gasteiger charge is 1.74. The van der Waals surface area contributed by atoms with E-state index in [-0.39, 0.29) is 6.61 Å². The van der Waals surface area contributed by atoms with Gasteiger partial charge in [-0.3, -0.25) is 0 Å². The molecule has 0 fully saturated rings. The van der Waals surface area contributed by atoms with Crippen molar-refractivity contribution in [2.24, 2.45) is 0 Å². The van der Waals surface area contributed by atoms with E-state index in [1.165, 1.54) is 0 Å². The van der Waals surface area contributed by atoms with Gasteiger partial charge in [-0.1, -0.05) is 12.7 Å². The van der Waals surface area contributed by atoms with Gasteiger partial charge in [-0.2, -0.15) is 0 Å². The molecule has 0 aliphatic heterocycles. The van der Waals surface area contributed by atoms with Crippen molar-refractivity contribution >= 4 is 0 Å². The number of rotatable bonds is 2. The van der Waals surface area contributed by atoms with Gasteiger partial charge < -0.3 is 5.11 Å². The van der Waals surface area contributed by atoms with Gasteiger partial charge in [0.15, 0.2) is 0 Å². The lowest BCUT2D eigenvalue weighted by molar-refractivity contribution is 0.342. The van der Waals surface area contributed by atoms with E-state index in [0.717, 1.165) is 5.57 Å². The Morgan fingerprint density at radius 3 is 2.88 bits per heavy atom. The Morgan fingerprint density at radius 2 is 2.50 bits per heavy atom. The van der Waals surface area contributed by atoms with Crippen LogP contribution in [0.25, 0.3) is 0 Å². The lowest BCUT2D eigenvalue weighted by atomic mass is 10.3. The topological polar surface area (TPSA) is 20.2 Å². The van der Waals surface area contributed by atoms with Crippen molar-refractivity contribution in [2.75, 3.05) is 6.61 Å². The standard InChI is InChI=1S/C7H10O/c1-3-4-7(2)5-6-8/h4-5,8H,1,6H2,2H3/b7-5-. The molecule has 0 heterocycles. The Kier molecular flexibility index (Phi) is 3.95. The van der Waals surface area contributed by atoms with Crippen molar-refractivity contribution < 1.29 is 5.11 Å². The normalized spacial score (nSPS) is 10.5. The molecule has 44 valence electrons. The summed E-state index contributed by atoms with van der Waals surface area (Å²) in [6.07, 6.45) is 3.41. The molecule has 0 rings (SSSR count). The summed E-state index contributed by atoms with van der Waals surface area (Å²) in [5, 5.41) is 8.32. The van der Waals surface area contributed by atoms with Crippen LogP contribution in [0.5, 0.6) is 0 Å². The minimum Gasteiger partial charge on any atom is -0.392 e. The van der Waals surface area contributed by atoms with E-state index in [1.54, 1.807) is 12.2 Å². The van der Waals surface area contributed by atoms with E-state index in [4.69, 9.17) is 5.11 Å². The summed E-state index contributed by atoms with van der Waals surface area (Å²) < 4.78 is 0. The third-order valence-corrected chi connectivity index (χ3v) is 0.743. The van der Waals surface area contributed by atoms with Gasteiger partial charge in [0.05, 0.1) is 6.61 Å². The first-order valence-corrected chi connectivity index (χ1v) is 2.44. The summed E-state index contributed by atoms with van der Waals surface area (Å²) in [5.74, 6) is 0. The number of hydrogen-bond acceptors (Lipinski definition) is 1. The molecule has 0 aliphatic rings. The summed E-state index contributed by atoms with van der Waals surface area (Å²) in [5.41, 5.74) is 3.59. The third-order valence-electron chi connectivity index (χ3n) is 0.743. The summed E-state index contributed by atoms with van der Waals surface area (Å²) in [6, 6.07) is 0. The van der Waals surface area contributed by atoms with Gasteiger partial charge in [0.25, 0.3) is 0 Å². The fraction of sp³-hybridized carbons (Fsp3) is 0.286. The monoisotopic (exact) mass is 110 g/mol. The minimum atomic E-state index is 0.0873. The summed E-state index contributed by atoms with van der Waals surface area (Å²) in [4.78, 5) is 0. The second-order valence-corrected chi connectivity index (χ2v) is 1.48. The fourth-order valence-corrected chi connectivity index (χ4v) is 0.364. The molecule has 1 N–H and O–H groups in total. The summed E-state index contributed by atoms with van der Waals surface area (Å²) in [6.45, 7) is 5.35. The van der Waals surface area contributed by atoms with Crippen molar-refractivity contribution in [2.45, 2.75) is 6.92 Å². The second kappa shape index (κ2) is 4.38. The van der Waals surface area contributed by atoms with Crippen LogP contribution in [0.2, 0.25) is 0 Å². The Morgan fingerprint density at radius 1 is 1.88 bits per heavy atom. The van der Waals surface area contributed by atoms with Crippen LogP contribution in [0.3, 0.4) is 0 Å². The lowest BCUT2D eigenvalue weighted by Crippen LogP contribution is -1.73. The molecule has 0 saturated heterocycles. The first kappa shape index (κ1) is 7.22. The van der Waals surface area contributed by atoms with Crippen LogP contribution in [0.4, 0.5) is 0 Å². The van der Waals surface area contributed by atoms with Gasteiger partial charge in [-0.25, -0.2) is 0 Å². The summed E-state index contributed by atoms with van der Waals surface area (Å²) >= 11 is 0. The molecule has 0 radical (unpaired) electrons. The van der Waals surface area contributed by atoms with Crippen LogP contribution in [-0.2, 0) is 0 Å². The highest BCUT2D eigenvalue weighted by atomic mass is 16.2. The van der Waals surface area contributed by atoms with Crippen molar-refractivity contribution in [3.8, 4) is 0 Å². The Hall–Kier alpha value is -0.780. The number of aliphatic hydroxyl groups excluding tert-OH is 1. The van der Waals surface area contributed by atoms with Crippen molar-refractivity contribution in [1.29, 1.82) is 0 Å². The van der Waals surface area contributed by atoms with Gasteiger partial charge in [0.2, 0.25) is 0 Å². The quantitative estimate of drug-likeness (QED) is 0.419. The number of hydrogen-bond donors (Lipinski definition) is 1. The van der Waals surface area contributed by atoms with E-state index in [2.05, 4.69) is 12.3 Å². The SMILES string of the molecule is C=C=C/C(C)=C\CO. The van der Waals surface area contributed by atoms with Gasteiger partial charge in [0, 0.05) is 0 Å². The molecular weight excluding hydrogens is 100 g/mol. The van der Waals surface area contributed by atoms with Crippen molar-refractivity contribution in [3.63, 3.8) is 0 Å². The Labute approximate surface area is 49.7 Å². The van der Waals surface area contributed by atoms with Crippen LogP contribution >= 0.6 is 0 Å². The Balaban J connectivity index is 3.79. The second-order valence-electron chi connectivity index (χ2n) is 1.48. The zero-order valence-electron chi connectivity index (χ0n) is 5.02. The van der Waals surface area contributed by atoms with Crippen LogP contribution in [0.15, 0.2) is 30.0 Å². The van der Waals surface area contributed by atoms with E-state index in [9.17, 15) is 0 Å². The smallest absolute Gasteiger partial charge is 0.0618 e. The largest absolute Gasteiger partial charge is 0.392 e. The lowest BCUT2D eigenvalue weighted by Gasteiger charge is -1.83. The molecule has 1 heteroatoms. The van der Waals surface area contributed by atoms with Crippen molar-refractivity contribution in [3.05, 3.63) is 30.0 Å². The molecule has 8 heavy (non-hydrogen) atoms. The van der Waals surface area contributed by atoms with Gasteiger partial charge in [-0.15, -0.1) is 5.73 Å². The van der Waals surface area contributed by atoms with E-state index in [0.29, 0.717) is 0 Å². The predicted octanol–water partition coefficient (Wildman–Crippen LogP) is 1.27. The maximum Gasteiger partial charge on any atom is 0.0618 e. The zero-order valence-corrected chi connectivity index (χ0v) is 5.02. The van der Waals surface area contributed by atoms with Gasteiger partial charge in [0.1, 0.15) is 0 Å². The molecule has 0 bridgehead atoms. The van der Waals surface area contributed by atoms with Crippen LogP contribution in [0, 0.1) is 0 Å². The molecule has 0 atom stereocenters. The minimum absolute atomic E-state index is 0.0873. The van der Waals surface area contributed by atoms with Gasteiger partial charge in [-0.05, 0) is 18.6 Å². The number of aliphatic hydroxyl groups is 1. The highest BCUT2D eigenvalue weighted by Crippen LogP contribution is 1.89. The molecule has 0 aliphatic carbocycles. The molecular formula is C7H10O. The molecule has 1 nitrogen and oxygen atoms in total. The highest BCUT2D eigenvalue weighted by molar-refractivity contribution is 5.14. The van der Waals surface area contributed by atoms with Gasteiger partial charge >= 0.3 is 0 Å². The molecule has 0 aromatic rings. The average molecular weight is 110 g/mol. The van der Waals surface area contributed by atoms with Crippen LogP contribution in [-0.4, -0.2) is 11.7 Å². The molecule has 0 amide bonds. The Bertz CT molecular complexity index is 127. The molecule has 0 saturated carbocycles. The van der Waals surface area contributed by atoms with E-state index in [1.807, 2.05) is 6.92 Å². The zero-order chi connectivity index (χ0) is 6.41. The molecule has 0 aromatic carbocycles. The van der Waals surface area contributed by atoms with E-state index >= 15 is 0 Å².